The van der Waals surface area contributed by atoms with Crippen LogP contribution in [0.15, 0.2) is 18.2 Å². The molecule has 1 atom stereocenters. The number of hydrogen-bond donors (Lipinski definition) is 1. The summed E-state index contributed by atoms with van der Waals surface area (Å²) in [5.74, 6) is 0. The summed E-state index contributed by atoms with van der Waals surface area (Å²) in [7, 11) is 1.62. The Kier molecular flexibility index (Phi) is 3.53. The summed E-state index contributed by atoms with van der Waals surface area (Å²) in [6.07, 6.45) is -0.596. The zero-order valence-corrected chi connectivity index (χ0v) is 10.2. The Balaban J connectivity index is 3.06. The molecule has 1 unspecified atom stereocenters. The van der Waals surface area contributed by atoms with E-state index < -0.39 is 11.7 Å². The van der Waals surface area contributed by atoms with Gasteiger partial charge in [0.2, 0.25) is 0 Å². The Hall–Kier alpha value is -0.860. The Bertz CT molecular complexity index is 322. The van der Waals surface area contributed by atoms with E-state index in [0.717, 1.165) is 16.7 Å². The molecule has 0 amide bonds. The van der Waals surface area contributed by atoms with Crippen LogP contribution in [0.5, 0.6) is 0 Å². The first kappa shape index (κ1) is 12.2. The van der Waals surface area contributed by atoms with Crippen LogP contribution in [0.1, 0.15) is 36.6 Å². The van der Waals surface area contributed by atoms with E-state index in [0.29, 0.717) is 0 Å². The van der Waals surface area contributed by atoms with Crippen molar-refractivity contribution >= 4 is 0 Å². The van der Waals surface area contributed by atoms with Crippen LogP contribution >= 0.6 is 0 Å². The van der Waals surface area contributed by atoms with E-state index >= 15 is 0 Å². The Morgan fingerprint density at radius 1 is 1.13 bits per heavy atom. The topological polar surface area (TPSA) is 29.5 Å². The maximum Gasteiger partial charge on any atom is 0.107 e. The number of rotatable bonds is 3. The molecule has 0 aliphatic carbocycles. The minimum atomic E-state index is -0.596. The number of aryl methyl sites for hydroxylation is 2. The molecule has 1 aromatic carbocycles. The molecular weight excluding hydrogens is 188 g/mol. The summed E-state index contributed by atoms with van der Waals surface area (Å²) >= 11 is 0. The maximum absolute atomic E-state index is 10.2. The van der Waals surface area contributed by atoms with Gasteiger partial charge in [-0.25, -0.2) is 0 Å². The van der Waals surface area contributed by atoms with Gasteiger partial charge in [0.25, 0.3) is 0 Å². The zero-order valence-electron chi connectivity index (χ0n) is 10.2. The van der Waals surface area contributed by atoms with E-state index in [-0.39, 0.29) is 0 Å². The van der Waals surface area contributed by atoms with Crippen molar-refractivity contribution in [3.05, 3.63) is 34.9 Å². The molecule has 84 valence electrons. The fourth-order valence-electron chi connectivity index (χ4n) is 1.68. The second-order valence-electron chi connectivity index (χ2n) is 4.63. The first-order valence-corrected chi connectivity index (χ1v) is 5.18. The third kappa shape index (κ3) is 2.80. The maximum atomic E-state index is 10.2. The Morgan fingerprint density at radius 2 is 1.60 bits per heavy atom. The molecule has 1 rings (SSSR count). The van der Waals surface area contributed by atoms with Crippen molar-refractivity contribution in [1.82, 2.24) is 0 Å². The van der Waals surface area contributed by atoms with Crippen LogP contribution in [0.3, 0.4) is 0 Å². The van der Waals surface area contributed by atoms with Gasteiger partial charge in [-0.2, -0.15) is 0 Å². The molecule has 0 radical (unpaired) electrons. The van der Waals surface area contributed by atoms with Crippen LogP contribution in [0.25, 0.3) is 0 Å². The van der Waals surface area contributed by atoms with Gasteiger partial charge < -0.3 is 9.84 Å². The fraction of sp³-hybridized carbons (Fsp3) is 0.538. The lowest BCUT2D eigenvalue weighted by molar-refractivity contribution is -0.0793. The molecule has 0 aromatic heterocycles. The van der Waals surface area contributed by atoms with Crippen molar-refractivity contribution < 1.29 is 9.84 Å². The number of hydrogen-bond acceptors (Lipinski definition) is 2. The van der Waals surface area contributed by atoms with Gasteiger partial charge in [0.05, 0.1) is 5.60 Å². The summed E-state index contributed by atoms with van der Waals surface area (Å²) in [5, 5.41) is 10.2. The molecule has 0 heterocycles. The number of benzene rings is 1. The molecular formula is C13H20O2. The highest BCUT2D eigenvalue weighted by atomic mass is 16.5. The predicted octanol–water partition coefficient (Wildman–Crippen LogP) is 2.76. The number of methoxy groups -OCH3 is 1. The summed E-state index contributed by atoms with van der Waals surface area (Å²) in [5.41, 5.74) is 2.69. The standard InChI is InChI=1S/C13H20O2/c1-9-6-10(2)8-11(7-9)12(14)13(3,4)15-5/h6-8,12,14H,1-5H3. The smallest absolute Gasteiger partial charge is 0.107 e. The molecule has 0 saturated heterocycles. The SMILES string of the molecule is COC(C)(C)C(O)c1cc(C)cc(C)c1. The molecule has 0 saturated carbocycles. The predicted molar refractivity (Wildman–Crippen MR) is 62.0 cm³/mol. The highest BCUT2D eigenvalue weighted by molar-refractivity contribution is 5.31. The lowest BCUT2D eigenvalue weighted by atomic mass is 9.92. The van der Waals surface area contributed by atoms with Crippen molar-refractivity contribution in [1.29, 1.82) is 0 Å². The van der Waals surface area contributed by atoms with Crippen molar-refractivity contribution in [3.63, 3.8) is 0 Å². The van der Waals surface area contributed by atoms with Gasteiger partial charge >= 0.3 is 0 Å². The number of ether oxygens (including phenoxy) is 1. The van der Waals surface area contributed by atoms with E-state index in [1.807, 2.05) is 39.8 Å². The van der Waals surface area contributed by atoms with Crippen LogP contribution in [-0.4, -0.2) is 17.8 Å². The van der Waals surface area contributed by atoms with E-state index in [4.69, 9.17) is 4.74 Å². The van der Waals surface area contributed by atoms with Crippen molar-refractivity contribution in [2.75, 3.05) is 7.11 Å². The van der Waals surface area contributed by atoms with Crippen molar-refractivity contribution in [2.45, 2.75) is 39.4 Å². The molecule has 1 N–H and O–H groups in total. The van der Waals surface area contributed by atoms with Crippen LogP contribution in [-0.2, 0) is 4.74 Å². The quantitative estimate of drug-likeness (QED) is 0.827. The minimum Gasteiger partial charge on any atom is -0.385 e. The van der Waals surface area contributed by atoms with E-state index in [1.165, 1.54) is 0 Å². The first-order valence-electron chi connectivity index (χ1n) is 5.18. The van der Waals surface area contributed by atoms with Gasteiger partial charge in [0.15, 0.2) is 0 Å². The molecule has 0 aliphatic heterocycles. The van der Waals surface area contributed by atoms with Gasteiger partial charge in [-0.3, -0.25) is 0 Å². The second kappa shape index (κ2) is 4.33. The van der Waals surface area contributed by atoms with Gasteiger partial charge in [-0.15, -0.1) is 0 Å². The largest absolute Gasteiger partial charge is 0.385 e. The van der Waals surface area contributed by atoms with E-state index in [1.54, 1.807) is 7.11 Å². The molecule has 0 spiro atoms. The molecule has 0 fully saturated rings. The van der Waals surface area contributed by atoms with E-state index in [2.05, 4.69) is 6.07 Å². The Morgan fingerprint density at radius 3 is 2.00 bits per heavy atom. The third-order valence-electron chi connectivity index (χ3n) is 2.74. The highest BCUT2D eigenvalue weighted by Gasteiger charge is 2.28. The summed E-state index contributed by atoms with van der Waals surface area (Å²) in [6, 6.07) is 6.09. The first-order chi connectivity index (χ1) is 6.86. The second-order valence-corrected chi connectivity index (χ2v) is 4.63. The van der Waals surface area contributed by atoms with Gasteiger partial charge in [0, 0.05) is 7.11 Å². The monoisotopic (exact) mass is 208 g/mol. The highest BCUT2D eigenvalue weighted by Crippen LogP contribution is 2.29. The molecule has 2 nitrogen and oxygen atoms in total. The molecule has 0 bridgehead atoms. The van der Waals surface area contributed by atoms with Gasteiger partial charge in [-0.1, -0.05) is 29.3 Å². The lowest BCUT2D eigenvalue weighted by Crippen LogP contribution is -2.31. The number of aliphatic hydroxyl groups is 1. The summed E-state index contributed by atoms with van der Waals surface area (Å²) in [4.78, 5) is 0. The van der Waals surface area contributed by atoms with Gasteiger partial charge in [-0.05, 0) is 33.3 Å². The summed E-state index contributed by atoms with van der Waals surface area (Å²) in [6.45, 7) is 7.83. The fourth-order valence-corrected chi connectivity index (χ4v) is 1.68. The molecule has 15 heavy (non-hydrogen) atoms. The van der Waals surface area contributed by atoms with Crippen LogP contribution in [0, 0.1) is 13.8 Å². The zero-order chi connectivity index (χ0) is 11.6. The van der Waals surface area contributed by atoms with Crippen LogP contribution < -0.4 is 0 Å². The molecule has 0 aliphatic rings. The average Bonchev–Trinajstić information content (AvgIpc) is 2.15. The molecule has 1 aromatic rings. The van der Waals surface area contributed by atoms with Crippen molar-refractivity contribution in [2.24, 2.45) is 0 Å². The third-order valence-corrected chi connectivity index (χ3v) is 2.74. The molecule has 2 heteroatoms. The van der Waals surface area contributed by atoms with Crippen LogP contribution in [0.4, 0.5) is 0 Å². The van der Waals surface area contributed by atoms with Crippen LogP contribution in [0.2, 0.25) is 0 Å². The summed E-state index contributed by atoms with van der Waals surface area (Å²) < 4.78 is 5.28. The minimum absolute atomic E-state index is 0.555. The lowest BCUT2D eigenvalue weighted by Gasteiger charge is -2.29. The normalized spacial score (nSPS) is 14.0. The van der Waals surface area contributed by atoms with Gasteiger partial charge in [0.1, 0.15) is 6.10 Å². The van der Waals surface area contributed by atoms with Crippen molar-refractivity contribution in [3.8, 4) is 0 Å². The van der Waals surface area contributed by atoms with E-state index in [9.17, 15) is 5.11 Å². The Labute approximate surface area is 91.9 Å². The number of aliphatic hydroxyl groups excluding tert-OH is 1. The average molecular weight is 208 g/mol.